The first-order valence-corrected chi connectivity index (χ1v) is 11.5. The van der Waals surface area contributed by atoms with E-state index < -0.39 is 10.0 Å². The Morgan fingerprint density at radius 3 is 2.29 bits per heavy atom. The summed E-state index contributed by atoms with van der Waals surface area (Å²) < 4.78 is 26.5. The lowest BCUT2D eigenvalue weighted by Crippen LogP contribution is -2.41. The molecule has 1 heterocycles. The first-order chi connectivity index (χ1) is 13.1. The number of benzene rings is 1. The maximum Gasteiger partial charge on any atom is 0.252 e. The van der Waals surface area contributed by atoms with Gasteiger partial charge >= 0.3 is 0 Å². The Hall–Kier alpha value is -1.45. The van der Waals surface area contributed by atoms with Crippen molar-refractivity contribution < 1.29 is 13.2 Å². The van der Waals surface area contributed by atoms with Gasteiger partial charge in [0.15, 0.2) is 0 Å². The molecule has 0 fully saturated rings. The number of hydrogen-bond donors (Lipinski definition) is 1. The van der Waals surface area contributed by atoms with Crippen LogP contribution in [-0.2, 0) is 21.2 Å². The minimum atomic E-state index is -3.73. The molecule has 1 N–H and O–H groups in total. The highest BCUT2D eigenvalue weighted by atomic mass is 35.5. The van der Waals surface area contributed by atoms with Crippen molar-refractivity contribution in [3.63, 3.8) is 0 Å². The minimum Gasteiger partial charge on any atom is -0.353 e. The second-order valence-electron chi connectivity index (χ2n) is 6.70. The number of rotatable bonds is 9. The van der Waals surface area contributed by atoms with Crippen molar-refractivity contribution in [2.45, 2.75) is 23.6 Å². The maximum atomic E-state index is 12.5. The molecule has 2 rings (SSSR count). The van der Waals surface area contributed by atoms with Crippen LogP contribution in [0.25, 0.3) is 0 Å². The fourth-order valence-corrected chi connectivity index (χ4v) is 5.54. The summed E-state index contributed by atoms with van der Waals surface area (Å²) in [6.07, 6.45) is 0.972. The van der Waals surface area contributed by atoms with E-state index in [1.54, 1.807) is 0 Å². The van der Waals surface area contributed by atoms with Gasteiger partial charge in [-0.25, -0.2) is 8.42 Å². The molecule has 0 aliphatic rings. The van der Waals surface area contributed by atoms with Crippen LogP contribution in [0.15, 0.2) is 40.6 Å². The summed E-state index contributed by atoms with van der Waals surface area (Å²) in [5.41, 5.74) is 2.35. The smallest absolute Gasteiger partial charge is 0.252 e. The second kappa shape index (κ2) is 9.84. The van der Waals surface area contributed by atoms with E-state index in [9.17, 15) is 13.2 Å². The zero-order chi connectivity index (χ0) is 20.9. The van der Waals surface area contributed by atoms with Crippen molar-refractivity contribution in [3.05, 3.63) is 51.9 Å². The summed E-state index contributed by atoms with van der Waals surface area (Å²) >= 11 is 6.79. The van der Waals surface area contributed by atoms with Crippen LogP contribution in [0.1, 0.15) is 24.1 Å². The van der Waals surface area contributed by atoms with Gasteiger partial charge in [0.1, 0.15) is 4.21 Å². The molecule has 0 aliphatic carbocycles. The third-order valence-corrected chi connectivity index (χ3v) is 7.97. The molecule has 0 saturated carbocycles. The zero-order valence-corrected chi connectivity index (χ0v) is 18.9. The molecule has 0 aliphatic heterocycles. The van der Waals surface area contributed by atoms with Crippen LogP contribution in [0.3, 0.4) is 0 Å². The van der Waals surface area contributed by atoms with Crippen molar-refractivity contribution in [2.75, 3.05) is 34.2 Å². The largest absolute Gasteiger partial charge is 0.353 e. The number of nitrogens with one attached hydrogen (secondary N) is 1. The lowest BCUT2D eigenvalue weighted by Gasteiger charge is -2.26. The average molecular weight is 444 g/mol. The van der Waals surface area contributed by atoms with Crippen LogP contribution in [-0.4, -0.2) is 57.8 Å². The molecule has 28 heavy (non-hydrogen) atoms. The first kappa shape index (κ1) is 22.8. The highest BCUT2D eigenvalue weighted by Gasteiger charge is 2.25. The number of aryl methyl sites for hydroxylation is 1. The average Bonchev–Trinajstić information content (AvgIpc) is 3.09. The second-order valence-corrected chi connectivity index (χ2v) is 10.7. The van der Waals surface area contributed by atoms with E-state index in [-0.39, 0.29) is 22.7 Å². The van der Waals surface area contributed by atoms with Gasteiger partial charge in [-0.3, -0.25) is 4.79 Å². The van der Waals surface area contributed by atoms with Gasteiger partial charge in [-0.1, -0.05) is 42.8 Å². The van der Waals surface area contributed by atoms with Crippen LogP contribution >= 0.6 is 22.9 Å². The summed E-state index contributed by atoms with van der Waals surface area (Å²) in [4.78, 5) is 14.4. The molecule has 1 aromatic carbocycles. The van der Waals surface area contributed by atoms with Gasteiger partial charge in [0.25, 0.3) is 10.0 Å². The molecule has 0 saturated heterocycles. The van der Waals surface area contributed by atoms with Gasteiger partial charge in [-0.05, 0) is 43.8 Å². The van der Waals surface area contributed by atoms with Crippen LogP contribution in [0, 0.1) is 0 Å². The monoisotopic (exact) mass is 443 g/mol. The predicted octanol–water partition coefficient (Wildman–Crippen LogP) is 3.00. The Labute approximate surface area is 176 Å². The Morgan fingerprint density at radius 2 is 1.79 bits per heavy atom. The number of halogens is 1. The van der Waals surface area contributed by atoms with Gasteiger partial charge in [-0.15, -0.1) is 11.3 Å². The van der Waals surface area contributed by atoms with Gasteiger partial charge in [0.2, 0.25) is 5.91 Å². The van der Waals surface area contributed by atoms with E-state index in [4.69, 9.17) is 11.6 Å². The number of carbonyl (C=O) groups is 1. The Bertz CT molecular complexity index is 895. The molecule has 1 aromatic heterocycles. The Balaban J connectivity index is 1.98. The van der Waals surface area contributed by atoms with Gasteiger partial charge in [0, 0.05) is 13.6 Å². The predicted molar refractivity (Wildman–Crippen MR) is 114 cm³/mol. The number of hydrogen-bond acceptors (Lipinski definition) is 5. The number of thiophene rings is 1. The van der Waals surface area contributed by atoms with Crippen LogP contribution in [0.2, 0.25) is 4.34 Å². The van der Waals surface area contributed by atoms with E-state index in [1.165, 1.54) is 24.7 Å². The van der Waals surface area contributed by atoms with E-state index in [1.807, 2.05) is 19.0 Å². The van der Waals surface area contributed by atoms with Crippen molar-refractivity contribution >= 4 is 38.9 Å². The molecule has 1 unspecified atom stereocenters. The lowest BCUT2D eigenvalue weighted by atomic mass is 10.0. The van der Waals surface area contributed by atoms with Gasteiger partial charge < -0.3 is 10.2 Å². The number of amides is 1. The summed E-state index contributed by atoms with van der Waals surface area (Å²) in [7, 11) is 1.54. The quantitative estimate of drug-likeness (QED) is 0.646. The van der Waals surface area contributed by atoms with Crippen molar-refractivity contribution in [2.24, 2.45) is 0 Å². The molecule has 0 spiro atoms. The Morgan fingerprint density at radius 1 is 1.14 bits per heavy atom. The van der Waals surface area contributed by atoms with Gasteiger partial charge in [0.05, 0.1) is 16.9 Å². The molecule has 9 heteroatoms. The molecule has 154 valence electrons. The van der Waals surface area contributed by atoms with Crippen molar-refractivity contribution in [1.29, 1.82) is 0 Å². The number of nitrogens with zero attached hydrogens (tertiary/aromatic N) is 2. The third kappa shape index (κ3) is 5.78. The zero-order valence-electron chi connectivity index (χ0n) is 16.5. The van der Waals surface area contributed by atoms with E-state index in [2.05, 4.69) is 36.5 Å². The van der Waals surface area contributed by atoms with Gasteiger partial charge in [-0.2, -0.15) is 4.31 Å². The summed E-state index contributed by atoms with van der Waals surface area (Å²) in [6, 6.07) is 11.3. The molecule has 2 aromatic rings. The molecule has 1 amide bonds. The standard InChI is InChI=1S/C19H26ClN3O3S2/c1-5-14-6-8-15(9-7-14)16(22(2)3)12-21-18(24)13-23(4)28(25,26)19-11-10-17(20)27-19/h6-11,16H,5,12-13H2,1-4H3,(H,21,24). The van der Waals surface area contributed by atoms with Crippen LogP contribution < -0.4 is 5.32 Å². The summed E-state index contributed by atoms with van der Waals surface area (Å²) in [5, 5.41) is 2.84. The molecule has 6 nitrogen and oxygen atoms in total. The SMILES string of the molecule is CCc1ccc(C(CNC(=O)CN(C)S(=O)(=O)c2ccc(Cl)s2)N(C)C)cc1. The summed E-state index contributed by atoms with van der Waals surface area (Å²) in [6.45, 7) is 2.23. The number of carbonyl (C=O) groups excluding carboxylic acids is 1. The topological polar surface area (TPSA) is 69.7 Å². The number of sulfonamides is 1. The van der Waals surface area contributed by atoms with Crippen LogP contribution in [0.5, 0.6) is 0 Å². The molecule has 0 radical (unpaired) electrons. The minimum absolute atomic E-state index is 0.00660. The first-order valence-electron chi connectivity index (χ1n) is 8.88. The number of likely N-dealkylation sites (N-methyl/N-ethyl adjacent to an activating group) is 2. The molecule has 1 atom stereocenters. The molecular formula is C19H26ClN3O3S2. The molecule has 0 bridgehead atoms. The van der Waals surface area contributed by atoms with Crippen molar-refractivity contribution in [3.8, 4) is 0 Å². The fourth-order valence-electron chi connectivity index (χ4n) is 2.72. The van der Waals surface area contributed by atoms with E-state index in [0.29, 0.717) is 10.9 Å². The van der Waals surface area contributed by atoms with E-state index >= 15 is 0 Å². The van der Waals surface area contributed by atoms with Crippen LogP contribution in [0.4, 0.5) is 0 Å². The van der Waals surface area contributed by atoms with E-state index in [0.717, 1.165) is 27.6 Å². The molecular weight excluding hydrogens is 418 g/mol. The maximum absolute atomic E-state index is 12.5. The Kier molecular flexibility index (Phi) is 8.03. The summed E-state index contributed by atoms with van der Waals surface area (Å²) in [5.74, 6) is -0.356. The van der Waals surface area contributed by atoms with Crippen molar-refractivity contribution in [1.82, 2.24) is 14.5 Å². The highest BCUT2D eigenvalue weighted by molar-refractivity contribution is 7.91. The lowest BCUT2D eigenvalue weighted by molar-refractivity contribution is -0.121. The third-order valence-electron chi connectivity index (χ3n) is 4.47. The normalized spacial score (nSPS) is 13.1. The highest BCUT2D eigenvalue weighted by Crippen LogP contribution is 2.27. The fraction of sp³-hybridized carbons (Fsp3) is 0.421.